The number of hydrogen-bond acceptors (Lipinski definition) is 4. The summed E-state index contributed by atoms with van der Waals surface area (Å²) < 4.78 is 10.7. The summed E-state index contributed by atoms with van der Waals surface area (Å²) in [6.07, 6.45) is 3.21. The molecule has 6 heteroatoms. The lowest BCUT2D eigenvalue weighted by molar-refractivity contribution is -0.133. The van der Waals surface area contributed by atoms with Crippen LogP contribution in [0.15, 0.2) is 18.2 Å². The molecule has 0 saturated carbocycles. The fourth-order valence-corrected chi connectivity index (χ4v) is 3.12. The van der Waals surface area contributed by atoms with Crippen molar-refractivity contribution >= 4 is 18.3 Å². The molecule has 136 valence electrons. The van der Waals surface area contributed by atoms with Crippen molar-refractivity contribution in [2.75, 3.05) is 33.9 Å². The Balaban J connectivity index is 0.00000288. The Kier molecular flexibility index (Phi) is 8.93. The van der Waals surface area contributed by atoms with Crippen LogP contribution in [-0.4, -0.2) is 50.7 Å². The van der Waals surface area contributed by atoms with Gasteiger partial charge in [0.25, 0.3) is 0 Å². The Hall–Kier alpha value is -1.46. The Morgan fingerprint density at radius 3 is 2.71 bits per heavy atom. The van der Waals surface area contributed by atoms with Gasteiger partial charge in [0.1, 0.15) is 11.5 Å². The zero-order valence-electron chi connectivity index (χ0n) is 14.8. The highest BCUT2D eigenvalue weighted by molar-refractivity contribution is 5.85. The molecular formula is C18H29ClN2O3. The maximum Gasteiger partial charge on any atom is 0.223 e. The van der Waals surface area contributed by atoms with Crippen LogP contribution in [0.5, 0.6) is 11.5 Å². The van der Waals surface area contributed by atoms with Gasteiger partial charge >= 0.3 is 0 Å². The zero-order valence-corrected chi connectivity index (χ0v) is 15.7. The van der Waals surface area contributed by atoms with Gasteiger partial charge in [0.05, 0.1) is 14.2 Å². The number of hydrogen-bond donors (Lipinski definition) is 1. The Bertz CT molecular complexity index is 519. The first-order valence-corrected chi connectivity index (χ1v) is 8.40. The molecule has 1 aliphatic rings. The lowest BCUT2D eigenvalue weighted by atomic mass is 10.1. The van der Waals surface area contributed by atoms with E-state index in [0.29, 0.717) is 18.9 Å². The lowest BCUT2D eigenvalue weighted by Crippen LogP contribution is -2.42. The number of carbonyl (C=O) groups is 1. The third-order valence-electron chi connectivity index (χ3n) is 4.36. The quantitative estimate of drug-likeness (QED) is 0.778. The third-order valence-corrected chi connectivity index (χ3v) is 4.36. The normalized spacial score (nSPS) is 16.4. The molecule has 5 nitrogen and oxygen atoms in total. The van der Waals surface area contributed by atoms with Crippen molar-refractivity contribution in [3.63, 3.8) is 0 Å². The highest BCUT2D eigenvalue weighted by atomic mass is 35.5. The van der Waals surface area contributed by atoms with Crippen molar-refractivity contribution < 1.29 is 14.3 Å². The number of nitrogens with zero attached hydrogens (tertiary/aromatic N) is 1. The van der Waals surface area contributed by atoms with Gasteiger partial charge in [0, 0.05) is 25.6 Å². The van der Waals surface area contributed by atoms with E-state index < -0.39 is 0 Å². The summed E-state index contributed by atoms with van der Waals surface area (Å²) in [7, 11) is 3.30. The molecule has 2 rings (SSSR count). The van der Waals surface area contributed by atoms with Crippen LogP contribution in [0.4, 0.5) is 0 Å². The molecule has 1 aromatic carbocycles. The van der Waals surface area contributed by atoms with Crippen molar-refractivity contribution in [3.05, 3.63) is 23.8 Å². The molecule has 1 amide bonds. The van der Waals surface area contributed by atoms with Gasteiger partial charge in [-0.2, -0.15) is 0 Å². The van der Waals surface area contributed by atoms with Crippen molar-refractivity contribution in [2.24, 2.45) is 0 Å². The molecule has 24 heavy (non-hydrogen) atoms. The first kappa shape index (κ1) is 20.6. The molecule has 1 atom stereocenters. The topological polar surface area (TPSA) is 50.8 Å². The van der Waals surface area contributed by atoms with Gasteiger partial charge in [-0.25, -0.2) is 0 Å². The van der Waals surface area contributed by atoms with E-state index in [0.717, 1.165) is 49.5 Å². The van der Waals surface area contributed by atoms with Crippen LogP contribution >= 0.6 is 12.4 Å². The predicted octanol–water partition coefficient (Wildman–Crippen LogP) is 2.66. The summed E-state index contributed by atoms with van der Waals surface area (Å²) in [5, 5.41) is 3.34. The van der Waals surface area contributed by atoms with Gasteiger partial charge < -0.3 is 19.7 Å². The van der Waals surface area contributed by atoms with Gasteiger partial charge in [-0.1, -0.05) is 6.92 Å². The van der Waals surface area contributed by atoms with Crippen LogP contribution in [0, 0.1) is 0 Å². The zero-order chi connectivity index (χ0) is 16.7. The summed E-state index contributed by atoms with van der Waals surface area (Å²) in [5.41, 5.74) is 1.01. The minimum absolute atomic E-state index is 0. The smallest absolute Gasteiger partial charge is 0.223 e. The number of nitrogens with one attached hydrogen (secondary N) is 1. The Labute approximate surface area is 151 Å². The molecule has 1 fully saturated rings. The summed E-state index contributed by atoms with van der Waals surface area (Å²) >= 11 is 0. The van der Waals surface area contributed by atoms with Gasteiger partial charge in [-0.15, -0.1) is 12.4 Å². The fraction of sp³-hybridized carbons (Fsp3) is 0.611. The predicted molar refractivity (Wildman–Crippen MR) is 98.4 cm³/mol. The van der Waals surface area contributed by atoms with Crippen molar-refractivity contribution in [1.82, 2.24) is 10.2 Å². The maximum atomic E-state index is 12.7. The second kappa shape index (κ2) is 10.4. The number of carbonyl (C=O) groups excluding carboxylic acids is 1. The molecule has 0 radical (unpaired) electrons. The highest BCUT2D eigenvalue weighted by Crippen LogP contribution is 2.25. The number of rotatable bonds is 8. The van der Waals surface area contributed by atoms with Crippen molar-refractivity contribution in [2.45, 2.75) is 38.6 Å². The first-order chi connectivity index (χ1) is 11.2. The molecular weight excluding hydrogens is 328 g/mol. The first-order valence-electron chi connectivity index (χ1n) is 8.40. The third kappa shape index (κ3) is 5.28. The van der Waals surface area contributed by atoms with Crippen LogP contribution in [0.1, 0.15) is 31.7 Å². The number of benzene rings is 1. The van der Waals surface area contributed by atoms with Crippen LogP contribution in [0.2, 0.25) is 0 Å². The SMILES string of the molecule is CCCN(C(=O)CCc1cc(OC)ccc1OC)C1CCNC1.Cl. The molecule has 1 aromatic rings. The van der Waals surface area contributed by atoms with Crippen molar-refractivity contribution in [1.29, 1.82) is 0 Å². The molecule has 1 N–H and O–H groups in total. The van der Waals surface area contributed by atoms with E-state index in [9.17, 15) is 4.79 Å². The fourth-order valence-electron chi connectivity index (χ4n) is 3.12. The number of halogens is 1. The largest absolute Gasteiger partial charge is 0.497 e. The Morgan fingerprint density at radius 1 is 1.33 bits per heavy atom. The van der Waals surface area contributed by atoms with E-state index in [-0.39, 0.29) is 18.3 Å². The molecule has 1 saturated heterocycles. The molecule has 0 bridgehead atoms. The van der Waals surface area contributed by atoms with E-state index in [1.54, 1.807) is 14.2 Å². The van der Waals surface area contributed by atoms with E-state index >= 15 is 0 Å². The van der Waals surface area contributed by atoms with E-state index in [1.165, 1.54) is 0 Å². The number of amides is 1. The average Bonchev–Trinajstić information content (AvgIpc) is 3.11. The standard InChI is InChI=1S/C18H28N2O3.ClH/c1-4-11-20(15-9-10-19-13-15)18(21)8-5-14-12-16(22-2)6-7-17(14)23-3;/h6-7,12,15,19H,4-5,8-11,13H2,1-3H3;1H. The molecule has 1 heterocycles. The molecule has 1 unspecified atom stereocenters. The molecule has 0 aliphatic carbocycles. The Morgan fingerprint density at radius 2 is 2.12 bits per heavy atom. The van der Waals surface area contributed by atoms with Crippen LogP contribution in [-0.2, 0) is 11.2 Å². The second-order valence-corrected chi connectivity index (χ2v) is 5.91. The van der Waals surface area contributed by atoms with E-state index in [1.807, 2.05) is 23.1 Å². The lowest BCUT2D eigenvalue weighted by Gasteiger charge is -2.28. The van der Waals surface area contributed by atoms with Gasteiger partial charge in [-0.3, -0.25) is 4.79 Å². The van der Waals surface area contributed by atoms with E-state index in [2.05, 4.69) is 12.2 Å². The average molecular weight is 357 g/mol. The number of ether oxygens (including phenoxy) is 2. The minimum Gasteiger partial charge on any atom is -0.497 e. The van der Waals surface area contributed by atoms with Crippen LogP contribution in [0.3, 0.4) is 0 Å². The monoisotopic (exact) mass is 356 g/mol. The summed E-state index contributed by atoms with van der Waals surface area (Å²) in [6.45, 7) is 4.87. The minimum atomic E-state index is 0. The van der Waals surface area contributed by atoms with Gasteiger partial charge in [-0.05, 0) is 49.6 Å². The molecule has 1 aliphatic heterocycles. The van der Waals surface area contributed by atoms with Gasteiger partial charge in [0.2, 0.25) is 5.91 Å². The molecule has 0 spiro atoms. The van der Waals surface area contributed by atoms with Crippen LogP contribution in [0.25, 0.3) is 0 Å². The number of aryl methyl sites for hydroxylation is 1. The van der Waals surface area contributed by atoms with E-state index in [4.69, 9.17) is 9.47 Å². The van der Waals surface area contributed by atoms with Crippen molar-refractivity contribution in [3.8, 4) is 11.5 Å². The summed E-state index contributed by atoms with van der Waals surface area (Å²) in [6, 6.07) is 6.06. The summed E-state index contributed by atoms with van der Waals surface area (Å²) in [5.74, 6) is 1.83. The summed E-state index contributed by atoms with van der Waals surface area (Å²) in [4.78, 5) is 14.7. The number of methoxy groups -OCH3 is 2. The second-order valence-electron chi connectivity index (χ2n) is 5.91. The van der Waals surface area contributed by atoms with Gasteiger partial charge in [0.15, 0.2) is 0 Å². The highest BCUT2D eigenvalue weighted by Gasteiger charge is 2.25. The van der Waals surface area contributed by atoms with Crippen LogP contribution < -0.4 is 14.8 Å². The molecule has 0 aromatic heterocycles. The maximum absolute atomic E-state index is 12.7.